The maximum atomic E-state index is 13.6. The molecule has 0 saturated heterocycles. The number of sulfonamides is 1. The first kappa shape index (κ1) is 17.4. The summed E-state index contributed by atoms with van der Waals surface area (Å²) in [6, 6.07) is 1.67. The number of benzene rings is 1. The van der Waals surface area contributed by atoms with Crippen LogP contribution in [0.5, 0.6) is 0 Å². The van der Waals surface area contributed by atoms with Crippen molar-refractivity contribution in [3.05, 3.63) is 28.5 Å². The number of nitrogens with one attached hydrogen (secondary N) is 1. The molecule has 0 aliphatic rings. The molecule has 0 radical (unpaired) electrons. The van der Waals surface area contributed by atoms with E-state index in [1.165, 1.54) is 6.07 Å². The molecule has 0 saturated carbocycles. The van der Waals surface area contributed by atoms with Crippen molar-refractivity contribution in [3.63, 3.8) is 0 Å². The molecule has 1 unspecified atom stereocenters. The zero-order valence-corrected chi connectivity index (χ0v) is 13.4. The summed E-state index contributed by atoms with van der Waals surface area (Å²) in [6.45, 7) is 6.87. The van der Waals surface area contributed by atoms with E-state index in [4.69, 9.17) is 16.7 Å². The number of hydrogen-bond donors (Lipinski definition) is 2. The molecule has 0 bridgehead atoms. The number of halogens is 2. The van der Waals surface area contributed by atoms with Crippen LogP contribution in [0.25, 0.3) is 0 Å². The Bertz CT molecular complexity index is 596. The summed E-state index contributed by atoms with van der Waals surface area (Å²) >= 11 is 5.64. The predicted octanol–water partition coefficient (Wildman–Crippen LogP) is 2.68. The molecule has 0 aliphatic heterocycles. The molecule has 1 aromatic rings. The molecular weight excluding hydrogens is 305 g/mol. The maximum Gasteiger partial charge on any atom is 0.240 e. The lowest BCUT2D eigenvalue weighted by Crippen LogP contribution is -2.41. The van der Waals surface area contributed by atoms with Crippen molar-refractivity contribution in [2.24, 2.45) is 5.41 Å². The van der Waals surface area contributed by atoms with Gasteiger partial charge in [0.05, 0.1) is 16.5 Å². The lowest BCUT2D eigenvalue weighted by atomic mass is 9.89. The summed E-state index contributed by atoms with van der Waals surface area (Å²) in [5.41, 5.74) is -0.242. The fourth-order valence-corrected chi connectivity index (χ4v) is 3.05. The summed E-state index contributed by atoms with van der Waals surface area (Å²) in [5.74, 6) is -0.873. The molecule has 0 heterocycles. The predicted molar refractivity (Wildman–Crippen MR) is 76.6 cm³/mol. The molecule has 1 rings (SSSR count). The molecule has 0 spiro atoms. The maximum absolute atomic E-state index is 13.6. The molecular formula is C13H19ClFNO3S. The number of aliphatic hydroxyl groups is 1. The van der Waals surface area contributed by atoms with E-state index in [0.29, 0.717) is 0 Å². The second-order valence-electron chi connectivity index (χ2n) is 5.75. The highest BCUT2D eigenvalue weighted by molar-refractivity contribution is 7.89. The van der Waals surface area contributed by atoms with Crippen LogP contribution in [0.15, 0.2) is 17.0 Å². The van der Waals surface area contributed by atoms with E-state index in [9.17, 15) is 12.8 Å². The van der Waals surface area contributed by atoms with E-state index >= 15 is 0 Å². The normalized spacial score (nSPS) is 14.3. The lowest BCUT2D eigenvalue weighted by Gasteiger charge is -2.27. The largest absolute Gasteiger partial charge is 0.392 e. The molecule has 1 aromatic carbocycles. The highest BCUT2D eigenvalue weighted by Gasteiger charge is 2.27. The Hall–Kier alpha value is -0.690. The van der Waals surface area contributed by atoms with E-state index in [-0.39, 0.29) is 26.9 Å². The second kappa shape index (κ2) is 5.97. The first-order chi connectivity index (χ1) is 8.99. The third-order valence-electron chi connectivity index (χ3n) is 3.19. The van der Waals surface area contributed by atoms with Gasteiger partial charge < -0.3 is 5.11 Å². The van der Waals surface area contributed by atoms with Crippen LogP contribution in [-0.2, 0) is 16.6 Å². The van der Waals surface area contributed by atoms with E-state index in [2.05, 4.69) is 4.72 Å². The zero-order valence-electron chi connectivity index (χ0n) is 11.9. The SMILES string of the molecule is CC(NS(=O)(=O)c1cc(F)c(Cl)c(CO)c1)C(C)(C)C. The third-order valence-corrected chi connectivity index (χ3v) is 5.13. The molecule has 4 nitrogen and oxygen atoms in total. The molecule has 0 amide bonds. The second-order valence-corrected chi connectivity index (χ2v) is 7.84. The smallest absolute Gasteiger partial charge is 0.240 e. The van der Waals surface area contributed by atoms with E-state index in [0.717, 1.165) is 6.07 Å². The quantitative estimate of drug-likeness (QED) is 0.895. The van der Waals surface area contributed by atoms with Crippen molar-refractivity contribution in [3.8, 4) is 0 Å². The number of aliphatic hydroxyl groups excluding tert-OH is 1. The molecule has 2 N–H and O–H groups in total. The number of hydrogen-bond acceptors (Lipinski definition) is 3. The summed E-state index contributed by atoms with van der Waals surface area (Å²) in [5, 5.41) is 8.81. The van der Waals surface area contributed by atoms with Crippen molar-refractivity contribution in [2.75, 3.05) is 0 Å². The van der Waals surface area contributed by atoms with Crippen LogP contribution in [0.1, 0.15) is 33.3 Å². The first-order valence-corrected chi connectivity index (χ1v) is 7.96. The molecule has 0 aliphatic carbocycles. The van der Waals surface area contributed by atoms with E-state index in [1.54, 1.807) is 6.92 Å². The Balaban J connectivity index is 3.20. The van der Waals surface area contributed by atoms with E-state index in [1.807, 2.05) is 20.8 Å². The summed E-state index contributed by atoms with van der Waals surface area (Å²) in [6.07, 6.45) is 0. The topological polar surface area (TPSA) is 66.4 Å². The minimum Gasteiger partial charge on any atom is -0.392 e. The lowest BCUT2D eigenvalue weighted by molar-refractivity contribution is 0.281. The van der Waals surface area contributed by atoms with Crippen LogP contribution >= 0.6 is 11.6 Å². The minimum atomic E-state index is -3.87. The van der Waals surface area contributed by atoms with Crippen LogP contribution in [0.3, 0.4) is 0 Å². The van der Waals surface area contributed by atoms with Gasteiger partial charge in [-0.05, 0) is 24.5 Å². The van der Waals surface area contributed by atoms with Crippen LogP contribution in [0.4, 0.5) is 4.39 Å². The Kier molecular flexibility index (Phi) is 5.18. The van der Waals surface area contributed by atoms with Gasteiger partial charge in [0.1, 0.15) is 5.82 Å². The van der Waals surface area contributed by atoms with Crippen LogP contribution in [0, 0.1) is 11.2 Å². The van der Waals surface area contributed by atoms with Crippen molar-refractivity contribution in [1.29, 1.82) is 0 Å². The Morgan fingerprint density at radius 1 is 1.40 bits per heavy atom. The molecule has 7 heteroatoms. The Labute approximate surface area is 124 Å². The van der Waals surface area contributed by atoms with Gasteiger partial charge >= 0.3 is 0 Å². The summed E-state index contributed by atoms with van der Waals surface area (Å²) < 4.78 is 40.5. The van der Waals surface area contributed by atoms with Gasteiger partial charge in [-0.2, -0.15) is 0 Å². The van der Waals surface area contributed by atoms with Gasteiger partial charge in [0, 0.05) is 11.6 Å². The van der Waals surface area contributed by atoms with Crippen molar-refractivity contribution in [2.45, 2.75) is 45.2 Å². The van der Waals surface area contributed by atoms with Crippen molar-refractivity contribution < 1.29 is 17.9 Å². The molecule has 0 aromatic heterocycles. The monoisotopic (exact) mass is 323 g/mol. The summed E-state index contributed by atoms with van der Waals surface area (Å²) in [7, 11) is -3.87. The van der Waals surface area contributed by atoms with Crippen LogP contribution < -0.4 is 4.72 Å². The van der Waals surface area contributed by atoms with Gasteiger partial charge in [0.25, 0.3) is 0 Å². The zero-order chi connectivity index (χ0) is 15.7. The average molecular weight is 324 g/mol. The van der Waals surface area contributed by atoms with Gasteiger partial charge in [-0.3, -0.25) is 0 Å². The van der Waals surface area contributed by atoms with Gasteiger partial charge in [-0.1, -0.05) is 32.4 Å². The van der Waals surface area contributed by atoms with Gasteiger partial charge in [-0.15, -0.1) is 0 Å². The summed E-state index contributed by atoms with van der Waals surface area (Å²) in [4.78, 5) is -0.250. The minimum absolute atomic E-state index is 0.0375. The average Bonchev–Trinajstić information content (AvgIpc) is 2.30. The Morgan fingerprint density at radius 2 is 1.95 bits per heavy atom. The molecule has 20 heavy (non-hydrogen) atoms. The molecule has 0 fully saturated rings. The van der Waals surface area contributed by atoms with Crippen LogP contribution in [-0.4, -0.2) is 19.6 Å². The standard InChI is InChI=1S/C13H19ClFNO3S/c1-8(13(2,3)4)16-20(18,19)10-5-9(7-17)12(14)11(15)6-10/h5-6,8,16-17H,7H2,1-4H3. The molecule has 114 valence electrons. The van der Waals surface area contributed by atoms with E-state index < -0.39 is 22.4 Å². The Morgan fingerprint density at radius 3 is 2.40 bits per heavy atom. The third kappa shape index (κ3) is 3.91. The van der Waals surface area contributed by atoms with Crippen molar-refractivity contribution in [1.82, 2.24) is 4.72 Å². The number of rotatable bonds is 4. The highest BCUT2D eigenvalue weighted by Crippen LogP contribution is 2.26. The van der Waals surface area contributed by atoms with Gasteiger partial charge in [-0.25, -0.2) is 17.5 Å². The fourth-order valence-electron chi connectivity index (χ4n) is 1.37. The highest BCUT2D eigenvalue weighted by atomic mass is 35.5. The van der Waals surface area contributed by atoms with Gasteiger partial charge in [0.2, 0.25) is 10.0 Å². The first-order valence-electron chi connectivity index (χ1n) is 6.10. The van der Waals surface area contributed by atoms with Crippen molar-refractivity contribution >= 4 is 21.6 Å². The van der Waals surface area contributed by atoms with Gasteiger partial charge in [0.15, 0.2) is 0 Å². The van der Waals surface area contributed by atoms with Crippen LogP contribution in [0.2, 0.25) is 5.02 Å². The molecule has 1 atom stereocenters. The fraction of sp³-hybridized carbons (Fsp3) is 0.538.